The lowest BCUT2D eigenvalue weighted by molar-refractivity contribution is -0.147. The lowest BCUT2D eigenvalue weighted by Gasteiger charge is -2.25. The van der Waals surface area contributed by atoms with Crippen LogP contribution in [0.3, 0.4) is 0 Å². The standard InChI is InChI=1S/C17H25NO6S/c1-4-11-17(2,16(20)21)18-15(19)6-5-12-24-13-7-9-14(10-8-13)25(3,22)23/h7-10H,4-6,11-12H2,1-3H3,(H,18,19)(H,20,21). The van der Waals surface area contributed by atoms with E-state index in [1.165, 1.54) is 19.1 Å². The Kier molecular flexibility index (Phi) is 7.41. The summed E-state index contributed by atoms with van der Waals surface area (Å²) >= 11 is 0. The lowest BCUT2D eigenvalue weighted by atomic mass is 9.96. The molecule has 0 bridgehead atoms. The first-order valence-electron chi connectivity index (χ1n) is 8.06. The monoisotopic (exact) mass is 371 g/mol. The number of nitrogens with one attached hydrogen (secondary N) is 1. The Balaban J connectivity index is 2.42. The number of amides is 1. The molecule has 0 aromatic heterocycles. The van der Waals surface area contributed by atoms with Gasteiger partial charge in [-0.3, -0.25) is 4.79 Å². The number of aliphatic carboxylic acids is 1. The van der Waals surface area contributed by atoms with Gasteiger partial charge >= 0.3 is 5.97 Å². The Bertz CT molecular complexity index is 698. The maximum Gasteiger partial charge on any atom is 0.329 e. The van der Waals surface area contributed by atoms with Crippen molar-refractivity contribution in [1.29, 1.82) is 0 Å². The van der Waals surface area contributed by atoms with Gasteiger partial charge in [0.15, 0.2) is 9.84 Å². The van der Waals surface area contributed by atoms with Crippen LogP contribution in [0.25, 0.3) is 0 Å². The molecule has 1 rings (SSSR count). The molecule has 1 aromatic carbocycles. The summed E-state index contributed by atoms with van der Waals surface area (Å²) in [6, 6.07) is 6.03. The van der Waals surface area contributed by atoms with Crippen molar-refractivity contribution >= 4 is 21.7 Å². The van der Waals surface area contributed by atoms with Crippen molar-refractivity contribution in [2.45, 2.75) is 50.0 Å². The highest BCUT2D eigenvalue weighted by atomic mass is 32.2. The average molecular weight is 371 g/mol. The molecule has 0 saturated carbocycles. The topological polar surface area (TPSA) is 110 Å². The van der Waals surface area contributed by atoms with E-state index in [1.807, 2.05) is 6.92 Å². The minimum absolute atomic E-state index is 0.147. The molecule has 1 amide bonds. The molecule has 0 aliphatic heterocycles. The summed E-state index contributed by atoms with van der Waals surface area (Å²) in [6.45, 7) is 3.62. The largest absolute Gasteiger partial charge is 0.494 e. The van der Waals surface area contributed by atoms with E-state index in [9.17, 15) is 23.1 Å². The fourth-order valence-electron chi connectivity index (χ4n) is 2.30. The van der Waals surface area contributed by atoms with Crippen molar-refractivity contribution in [3.05, 3.63) is 24.3 Å². The van der Waals surface area contributed by atoms with E-state index in [-0.39, 0.29) is 23.8 Å². The molecule has 25 heavy (non-hydrogen) atoms. The maximum atomic E-state index is 11.9. The Morgan fingerprint density at radius 2 is 1.84 bits per heavy atom. The summed E-state index contributed by atoms with van der Waals surface area (Å²) in [7, 11) is -3.24. The molecule has 0 radical (unpaired) electrons. The predicted molar refractivity (Wildman–Crippen MR) is 93.4 cm³/mol. The molecule has 0 aliphatic carbocycles. The summed E-state index contributed by atoms with van der Waals surface area (Å²) in [5, 5.41) is 11.8. The van der Waals surface area contributed by atoms with E-state index in [0.717, 1.165) is 6.26 Å². The summed E-state index contributed by atoms with van der Waals surface area (Å²) in [4.78, 5) is 23.4. The third-order valence-electron chi connectivity index (χ3n) is 3.71. The van der Waals surface area contributed by atoms with Gasteiger partial charge < -0.3 is 15.2 Å². The number of carbonyl (C=O) groups excluding carboxylic acids is 1. The minimum atomic E-state index is -3.24. The van der Waals surface area contributed by atoms with Crippen molar-refractivity contribution in [3.63, 3.8) is 0 Å². The first-order valence-corrected chi connectivity index (χ1v) is 9.95. The lowest BCUT2D eigenvalue weighted by Crippen LogP contribution is -2.52. The Morgan fingerprint density at radius 3 is 2.32 bits per heavy atom. The highest BCUT2D eigenvalue weighted by molar-refractivity contribution is 7.90. The van der Waals surface area contributed by atoms with Gasteiger partial charge in [0.1, 0.15) is 11.3 Å². The number of benzene rings is 1. The van der Waals surface area contributed by atoms with Crippen LogP contribution in [-0.4, -0.2) is 43.8 Å². The molecule has 1 unspecified atom stereocenters. The SMILES string of the molecule is CCCC(C)(NC(=O)CCCOc1ccc(S(C)(=O)=O)cc1)C(=O)O. The third-order valence-corrected chi connectivity index (χ3v) is 4.83. The van der Waals surface area contributed by atoms with Crippen LogP contribution in [0.5, 0.6) is 5.75 Å². The van der Waals surface area contributed by atoms with E-state index >= 15 is 0 Å². The molecule has 1 atom stereocenters. The molecule has 0 fully saturated rings. The van der Waals surface area contributed by atoms with Gasteiger partial charge in [-0.25, -0.2) is 13.2 Å². The van der Waals surface area contributed by atoms with Gasteiger partial charge in [-0.2, -0.15) is 0 Å². The van der Waals surface area contributed by atoms with Crippen LogP contribution in [-0.2, 0) is 19.4 Å². The van der Waals surface area contributed by atoms with Gasteiger partial charge in [-0.05, 0) is 44.0 Å². The molecule has 1 aromatic rings. The number of carboxylic acid groups (broad SMARTS) is 1. The quantitative estimate of drug-likeness (QED) is 0.609. The van der Waals surface area contributed by atoms with Crippen molar-refractivity contribution < 1.29 is 27.9 Å². The van der Waals surface area contributed by atoms with Crippen LogP contribution in [0.15, 0.2) is 29.2 Å². The maximum absolute atomic E-state index is 11.9. The van der Waals surface area contributed by atoms with Crippen LogP contribution in [0.4, 0.5) is 0 Å². The summed E-state index contributed by atoms with van der Waals surface area (Å²) < 4.78 is 28.2. The second-order valence-corrected chi connectivity index (χ2v) is 8.15. The summed E-state index contributed by atoms with van der Waals surface area (Å²) in [5.41, 5.74) is -1.26. The molecule has 0 aliphatic rings. The molecule has 8 heteroatoms. The molecule has 0 heterocycles. The Morgan fingerprint density at radius 1 is 1.24 bits per heavy atom. The molecule has 0 saturated heterocycles. The minimum Gasteiger partial charge on any atom is -0.494 e. The highest BCUT2D eigenvalue weighted by Crippen LogP contribution is 2.16. The van der Waals surface area contributed by atoms with Crippen LogP contribution in [0.1, 0.15) is 39.5 Å². The smallest absolute Gasteiger partial charge is 0.329 e. The Labute approximate surface area is 148 Å². The Hall–Kier alpha value is -2.09. The molecule has 2 N–H and O–H groups in total. The van der Waals surface area contributed by atoms with Crippen LogP contribution >= 0.6 is 0 Å². The molecular weight excluding hydrogens is 346 g/mol. The normalized spacial score (nSPS) is 13.7. The van der Waals surface area contributed by atoms with Crippen LogP contribution < -0.4 is 10.1 Å². The molecule has 7 nitrogen and oxygen atoms in total. The van der Waals surface area contributed by atoms with Crippen molar-refractivity contribution in [2.24, 2.45) is 0 Å². The fourth-order valence-corrected chi connectivity index (χ4v) is 2.93. The number of hydrogen-bond donors (Lipinski definition) is 2. The van der Waals surface area contributed by atoms with E-state index in [0.29, 0.717) is 25.0 Å². The summed E-state index contributed by atoms with van der Waals surface area (Å²) in [6.07, 6.45) is 2.70. The number of carbonyl (C=O) groups is 2. The van der Waals surface area contributed by atoms with Gasteiger partial charge in [-0.1, -0.05) is 13.3 Å². The van der Waals surface area contributed by atoms with E-state index in [2.05, 4.69) is 5.32 Å². The van der Waals surface area contributed by atoms with Gasteiger partial charge in [0.2, 0.25) is 5.91 Å². The fraction of sp³-hybridized carbons (Fsp3) is 0.529. The van der Waals surface area contributed by atoms with Crippen LogP contribution in [0.2, 0.25) is 0 Å². The van der Waals surface area contributed by atoms with Crippen molar-refractivity contribution in [3.8, 4) is 5.75 Å². The van der Waals surface area contributed by atoms with Crippen molar-refractivity contribution in [1.82, 2.24) is 5.32 Å². The van der Waals surface area contributed by atoms with Crippen LogP contribution in [0, 0.1) is 0 Å². The van der Waals surface area contributed by atoms with E-state index in [4.69, 9.17) is 4.74 Å². The van der Waals surface area contributed by atoms with Gasteiger partial charge in [0.25, 0.3) is 0 Å². The average Bonchev–Trinajstić information content (AvgIpc) is 2.51. The van der Waals surface area contributed by atoms with Gasteiger partial charge in [-0.15, -0.1) is 0 Å². The van der Waals surface area contributed by atoms with Crippen molar-refractivity contribution in [2.75, 3.05) is 12.9 Å². The number of sulfone groups is 1. The first kappa shape index (κ1) is 21.0. The molecule has 140 valence electrons. The zero-order valence-electron chi connectivity index (χ0n) is 14.7. The zero-order valence-corrected chi connectivity index (χ0v) is 15.6. The third kappa shape index (κ3) is 6.74. The predicted octanol–water partition coefficient (Wildman–Crippen LogP) is 2.01. The van der Waals surface area contributed by atoms with Gasteiger partial charge in [0.05, 0.1) is 11.5 Å². The van der Waals surface area contributed by atoms with E-state index in [1.54, 1.807) is 12.1 Å². The molecule has 0 spiro atoms. The second-order valence-electron chi connectivity index (χ2n) is 6.13. The number of ether oxygens (including phenoxy) is 1. The number of hydrogen-bond acceptors (Lipinski definition) is 5. The number of carboxylic acids is 1. The second kappa shape index (κ2) is 8.84. The zero-order chi connectivity index (χ0) is 19.1. The van der Waals surface area contributed by atoms with E-state index < -0.39 is 21.3 Å². The number of rotatable bonds is 10. The summed E-state index contributed by atoms with van der Waals surface area (Å²) in [5.74, 6) is -0.881. The van der Waals surface area contributed by atoms with Gasteiger partial charge in [0, 0.05) is 12.7 Å². The molecular formula is C17H25NO6S. The highest BCUT2D eigenvalue weighted by Gasteiger charge is 2.33. The first-order chi connectivity index (χ1) is 11.6.